The van der Waals surface area contributed by atoms with Gasteiger partial charge in [0.05, 0.1) is 12.5 Å². The topological polar surface area (TPSA) is 57.9 Å². The number of halogens is 1. The number of furan rings is 1. The molecule has 5 nitrogen and oxygen atoms in total. The number of hydrogen-bond donors (Lipinski definition) is 0. The van der Waals surface area contributed by atoms with Crippen LogP contribution in [0.25, 0.3) is 6.08 Å². The monoisotopic (exact) mass is 508 g/mol. The number of ether oxygens (including phenoxy) is 3. The molecule has 0 spiro atoms. The third-order valence-electron chi connectivity index (χ3n) is 5.29. The van der Waals surface area contributed by atoms with Gasteiger partial charge in [0.15, 0.2) is 0 Å². The van der Waals surface area contributed by atoms with Crippen LogP contribution in [0.15, 0.2) is 28.2 Å². The maximum absolute atomic E-state index is 12.0. The van der Waals surface area contributed by atoms with Gasteiger partial charge in [-0.1, -0.05) is 37.7 Å². The van der Waals surface area contributed by atoms with Crippen LogP contribution in [-0.2, 0) is 19.0 Å². The lowest BCUT2D eigenvalue weighted by Crippen LogP contribution is -2.23. The van der Waals surface area contributed by atoms with Gasteiger partial charge in [-0.2, -0.15) is 0 Å². The highest BCUT2D eigenvalue weighted by atomic mass is 35.5. The molecule has 0 N–H and O–H groups in total. The van der Waals surface area contributed by atoms with Crippen molar-refractivity contribution in [3.8, 4) is 11.8 Å². The molecule has 34 heavy (non-hydrogen) atoms. The quantitative estimate of drug-likeness (QED) is 0.0390. The molecule has 0 saturated heterocycles. The minimum Gasteiger partial charge on any atom is -0.463 e. The van der Waals surface area contributed by atoms with Crippen LogP contribution in [0.3, 0.4) is 0 Å². The molecule has 1 aromatic rings. The van der Waals surface area contributed by atoms with Crippen LogP contribution >= 0.6 is 11.6 Å². The molecular formula is C27H41ClO5Si. The zero-order chi connectivity index (χ0) is 25.7. The Hall–Kier alpha value is -1.78. The van der Waals surface area contributed by atoms with Gasteiger partial charge in [-0.25, -0.2) is 4.79 Å². The summed E-state index contributed by atoms with van der Waals surface area (Å²) in [6.45, 7) is 19.8. The van der Waals surface area contributed by atoms with E-state index in [2.05, 4.69) is 38.1 Å². The zero-order valence-corrected chi connectivity index (χ0v) is 23.6. The van der Waals surface area contributed by atoms with Crippen LogP contribution in [0.5, 0.6) is 0 Å². The van der Waals surface area contributed by atoms with Crippen LogP contribution in [0.2, 0.25) is 25.7 Å². The number of carbonyl (C=O) groups excluding carboxylic acids is 1. The first-order chi connectivity index (χ1) is 16.0. The van der Waals surface area contributed by atoms with Gasteiger partial charge in [0, 0.05) is 32.6 Å². The van der Waals surface area contributed by atoms with Gasteiger partial charge < -0.3 is 18.6 Å². The van der Waals surface area contributed by atoms with E-state index in [1.165, 1.54) is 0 Å². The first-order valence-corrected chi connectivity index (χ1v) is 16.1. The molecule has 0 amide bonds. The summed E-state index contributed by atoms with van der Waals surface area (Å²) >= 11 is 5.69. The van der Waals surface area contributed by atoms with Crippen molar-refractivity contribution < 1.29 is 23.4 Å². The minimum atomic E-state index is -1.18. The molecule has 0 fully saturated rings. The van der Waals surface area contributed by atoms with Crippen molar-refractivity contribution in [3.05, 3.63) is 40.9 Å². The van der Waals surface area contributed by atoms with E-state index in [-0.39, 0.29) is 24.8 Å². The molecule has 7 heteroatoms. The van der Waals surface area contributed by atoms with Gasteiger partial charge in [-0.05, 0) is 57.9 Å². The van der Waals surface area contributed by atoms with E-state index in [0.29, 0.717) is 42.6 Å². The second-order valence-corrected chi connectivity index (χ2v) is 15.5. The first-order valence-electron chi connectivity index (χ1n) is 11.8. The normalized spacial score (nSPS) is 13.7. The number of esters is 1. The summed E-state index contributed by atoms with van der Waals surface area (Å²) in [6.07, 6.45) is 2.74. The molecule has 0 saturated carbocycles. The standard InChI is InChI=1S/C27H41ClO5Si/c1-9-31-27(29)22(5)18-23-17-21(4)25(33-23)26(32-19-30-15-16-34(6,7)8)24(20(2)3)13-11-10-12-14-28/h17-18,24,26H,2,9,11,13-16,19H2,1,3-8H3/b22-18-/t24-,26-/m0/s1. The highest BCUT2D eigenvalue weighted by Crippen LogP contribution is 2.37. The van der Waals surface area contributed by atoms with E-state index in [9.17, 15) is 4.79 Å². The SMILES string of the molecule is C=C(C)[C@H](CCC#CCCl)[C@H](OCOCC[Si](C)(C)C)c1oc(/C=C(/C)C(=O)OCC)cc1C. The summed E-state index contributed by atoms with van der Waals surface area (Å²) in [6, 6.07) is 2.98. The van der Waals surface area contributed by atoms with E-state index >= 15 is 0 Å². The Kier molecular flexibility index (Phi) is 13.6. The number of rotatable bonds is 14. The van der Waals surface area contributed by atoms with Crippen LogP contribution in [-0.4, -0.2) is 39.9 Å². The van der Waals surface area contributed by atoms with Crippen LogP contribution in [0.4, 0.5) is 0 Å². The lowest BCUT2D eigenvalue weighted by molar-refractivity contribution is -0.138. The molecule has 1 rings (SSSR count). The van der Waals surface area contributed by atoms with Crippen molar-refractivity contribution in [1.29, 1.82) is 0 Å². The number of aryl methyl sites for hydroxylation is 1. The highest BCUT2D eigenvalue weighted by molar-refractivity contribution is 6.76. The van der Waals surface area contributed by atoms with E-state index in [4.69, 9.17) is 30.2 Å². The summed E-state index contributed by atoms with van der Waals surface area (Å²) < 4.78 is 23.3. The maximum Gasteiger partial charge on any atom is 0.333 e. The van der Waals surface area contributed by atoms with Crippen molar-refractivity contribution in [2.75, 3.05) is 25.9 Å². The lowest BCUT2D eigenvalue weighted by Gasteiger charge is -2.27. The molecule has 0 aromatic carbocycles. The van der Waals surface area contributed by atoms with E-state index in [1.54, 1.807) is 19.9 Å². The Morgan fingerprint density at radius 2 is 2.00 bits per heavy atom. The first kappa shape index (κ1) is 30.2. The summed E-state index contributed by atoms with van der Waals surface area (Å²) in [4.78, 5) is 12.0. The summed E-state index contributed by atoms with van der Waals surface area (Å²) in [5, 5.41) is 0. The van der Waals surface area contributed by atoms with Crippen molar-refractivity contribution >= 4 is 31.7 Å². The highest BCUT2D eigenvalue weighted by Gasteiger charge is 2.29. The number of alkyl halides is 1. The summed E-state index contributed by atoms with van der Waals surface area (Å²) in [7, 11) is -1.18. The molecule has 0 radical (unpaired) electrons. The van der Waals surface area contributed by atoms with Crippen LogP contribution in [0, 0.1) is 24.7 Å². The molecule has 0 aliphatic rings. The minimum absolute atomic E-state index is 0.0157. The van der Waals surface area contributed by atoms with Crippen molar-refractivity contribution in [1.82, 2.24) is 0 Å². The zero-order valence-electron chi connectivity index (χ0n) is 21.9. The fraction of sp³-hybridized carbons (Fsp3) is 0.593. The average Bonchev–Trinajstić information content (AvgIpc) is 3.10. The Labute approximate surface area is 211 Å². The maximum atomic E-state index is 12.0. The van der Waals surface area contributed by atoms with Gasteiger partial charge in [0.1, 0.15) is 24.4 Å². The van der Waals surface area contributed by atoms with E-state index < -0.39 is 8.07 Å². The number of hydrogen-bond acceptors (Lipinski definition) is 5. The molecule has 1 aromatic heterocycles. The molecule has 2 atom stereocenters. The largest absolute Gasteiger partial charge is 0.463 e. The Balaban J connectivity index is 3.15. The molecule has 0 unspecified atom stereocenters. The molecule has 0 aliphatic heterocycles. The Morgan fingerprint density at radius 3 is 2.59 bits per heavy atom. The van der Waals surface area contributed by atoms with Crippen molar-refractivity contribution in [2.24, 2.45) is 5.92 Å². The Morgan fingerprint density at radius 1 is 1.29 bits per heavy atom. The predicted molar refractivity (Wildman–Crippen MR) is 143 cm³/mol. The molecule has 1 heterocycles. The van der Waals surface area contributed by atoms with Gasteiger partial charge in [-0.3, -0.25) is 0 Å². The molecule has 0 aliphatic carbocycles. The van der Waals surface area contributed by atoms with Gasteiger partial charge >= 0.3 is 5.97 Å². The van der Waals surface area contributed by atoms with Gasteiger partial charge in [0.2, 0.25) is 0 Å². The van der Waals surface area contributed by atoms with E-state index in [1.807, 2.05) is 19.9 Å². The third-order valence-corrected chi connectivity index (χ3v) is 7.13. The Bertz CT molecular complexity index is 885. The van der Waals surface area contributed by atoms with E-state index in [0.717, 1.165) is 23.6 Å². The lowest BCUT2D eigenvalue weighted by atomic mass is 9.88. The van der Waals surface area contributed by atoms with Crippen LogP contribution < -0.4 is 0 Å². The average molecular weight is 509 g/mol. The molecule has 190 valence electrons. The second kappa shape index (κ2) is 15.3. The van der Waals surface area contributed by atoms with Gasteiger partial charge in [0.25, 0.3) is 0 Å². The third kappa shape index (κ3) is 11.1. The van der Waals surface area contributed by atoms with Crippen molar-refractivity contribution in [3.63, 3.8) is 0 Å². The fourth-order valence-electron chi connectivity index (χ4n) is 3.35. The van der Waals surface area contributed by atoms with Crippen LogP contribution in [0.1, 0.15) is 56.8 Å². The summed E-state index contributed by atoms with van der Waals surface area (Å²) in [5.41, 5.74) is 2.39. The summed E-state index contributed by atoms with van der Waals surface area (Å²) in [5.74, 6) is 7.21. The van der Waals surface area contributed by atoms with Crippen molar-refractivity contribution in [2.45, 2.75) is 72.3 Å². The smallest absolute Gasteiger partial charge is 0.333 e. The molecular weight excluding hydrogens is 468 g/mol. The predicted octanol–water partition coefficient (Wildman–Crippen LogP) is 7.14. The van der Waals surface area contributed by atoms with Gasteiger partial charge in [-0.15, -0.1) is 17.5 Å². The number of carbonyl (C=O) groups is 1. The second-order valence-electron chi connectivity index (χ2n) is 9.65. The fourth-order valence-corrected chi connectivity index (χ4v) is 4.20. The molecule has 0 bridgehead atoms.